The van der Waals surface area contributed by atoms with Crippen molar-refractivity contribution in [2.45, 2.75) is 25.9 Å². The predicted molar refractivity (Wildman–Crippen MR) is 73.4 cm³/mol. The van der Waals surface area contributed by atoms with E-state index in [9.17, 15) is 0 Å². The Morgan fingerprint density at radius 1 is 1.33 bits per heavy atom. The summed E-state index contributed by atoms with van der Waals surface area (Å²) >= 11 is 6.01. The zero-order chi connectivity index (χ0) is 12.8. The minimum atomic E-state index is 0.283. The van der Waals surface area contributed by atoms with E-state index in [0.717, 1.165) is 17.1 Å². The Morgan fingerprint density at radius 3 is 2.89 bits per heavy atom. The zero-order valence-electron chi connectivity index (χ0n) is 10.3. The number of hydrogen-bond donors (Lipinski definition) is 1. The van der Waals surface area contributed by atoms with Gasteiger partial charge in [0.05, 0.1) is 5.69 Å². The number of nitrogens with zero attached hydrogens (tertiary/aromatic N) is 2. The second kappa shape index (κ2) is 6.47. The molecule has 3 nitrogen and oxygen atoms in total. The van der Waals surface area contributed by atoms with Crippen molar-refractivity contribution in [3.63, 3.8) is 0 Å². The molecule has 1 aromatic carbocycles. The molecule has 0 aliphatic rings. The maximum Gasteiger partial charge on any atom is 0.0724 e. The summed E-state index contributed by atoms with van der Waals surface area (Å²) in [5.41, 5.74) is 2.15. The van der Waals surface area contributed by atoms with Crippen LogP contribution in [0.2, 0.25) is 5.02 Å². The van der Waals surface area contributed by atoms with Crippen molar-refractivity contribution in [3.05, 3.63) is 59.1 Å². The van der Waals surface area contributed by atoms with Crippen LogP contribution >= 0.6 is 11.6 Å². The number of halogens is 1. The van der Waals surface area contributed by atoms with Gasteiger partial charge in [-0.2, -0.15) is 0 Å². The fourth-order valence-corrected chi connectivity index (χ4v) is 2.07. The molecule has 0 bridgehead atoms. The first-order valence-electron chi connectivity index (χ1n) is 6.03. The summed E-state index contributed by atoms with van der Waals surface area (Å²) in [6.45, 7) is 2.86. The highest BCUT2D eigenvalue weighted by Crippen LogP contribution is 2.20. The van der Waals surface area contributed by atoms with Crippen molar-refractivity contribution < 1.29 is 0 Å². The Bertz CT molecular complexity index is 487. The molecule has 94 valence electrons. The average Bonchev–Trinajstić information content (AvgIpc) is 2.41. The lowest BCUT2D eigenvalue weighted by Gasteiger charge is -2.17. The van der Waals surface area contributed by atoms with Crippen LogP contribution in [0.5, 0.6) is 0 Å². The molecule has 0 spiro atoms. The summed E-state index contributed by atoms with van der Waals surface area (Å²) < 4.78 is 0. The normalized spacial score (nSPS) is 12.3. The van der Waals surface area contributed by atoms with Gasteiger partial charge in [0.2, 0.25) is 0 Å². The maximum atomic E-state index is 6.01. The fraction of sp³-hybridized carbons (Fsp3) is 0.286. The molecule has 0 aliphatic heterocycles. The first kappa shape index (κ1) is 13.0. The SMILES string of the molecule is CCC(NCc1cnccn1)c1cccc(Cl)c1. The van der Waals surface area contributed by atoms with E-state index < -0.39 is 0 Å². The largest absolute Gasteiger partial charge is 0.304 e. The Balaban J connectivity index is 2.02. The summed E-state index contributed by atoms with van der Waals surface area (Å²) in [6, 6.07) is 8.24. The van der Waals surface area contributed by atoms with Crippen molar-refractivity contribution >= 4 is 11.6 Å². The number of hydrogen-bond acceptors (Lipinski definition) is 3. The topological polar surface area (TPSA) is 37.8 Å². The average molecular weight is 262 g/mol. The van der Waals surface area contributed by atoms with Gasteiger partial charge in [0.15, 0.2) is 0 Å². The molecule has 0 saturated heterocycles. The lowest BCUT2D eigenvalue weighted by atomic mass is 10.0. The second-order valence-electron chi connectivity index (χ2n) is 4.09. The highest BCUT2D eigenvalue weighted by atomic mass is 35.5. The molecule has 0 saturated carbocycles. The van der Waals surface area contributed by atoms with E-state index in [1.807, 2.05) is 18.2 Å². The van der Waals surface area contributed by atoms with Crippen LogP contribution in [0.3, 0.4) is 0 Å². The highest BCUT2D eigenvalue weighted by Gasteiger charge is 2.09. The van der Waals surface area contributed by atoms with Gasteiger partial charge in [0, 0.05) is 36.2 Å². The first-order valence-corrected chi connectivity index (χ1v) is 6.41. The van der Waals surface area contributed by atoms with Crippen LogP contribution in [-0.2, 0) is 6.54 Å². The van der Waals surface area contributed by atoms with Crippen molar-refractivity contribution in [1.29, 1.82) is 0 Å². The molecule has 1 unspecified atom stereocenters. The molecule has 2 rings (SSSR count). The third kappa shape index (κ3) is 3.52. The van der Waals surface area contributed by atoms with E-state index in [2.05, 4.69) is 28.3 Å². The molecule has 0 amide bonds. The van der Waals surface area contributed by atoms with Gasteiger partial charge in [-0.1, -0.05) is 30.7 Å². The van der Waals surface area contributed by atoms with Crippen LogP contribution < -0.4 is 5.32 Å². The smallest absolute Gasteiger partial charge is 0.0724 e. The van der Waals surface area contributed by atoms with Crippen LogP contribution in [0.15, 0.2) is 42.9 Å². The minimum absolute atomic E-state index is 0.283. The molecule has 1 N–H and O–H groups in total. The van der Waals surface area contributed by atoms with Crippen LogP contribution in [0.4, 0.5) is 0 Å². The van der Waals surface area contributed by atoms with E-state index in [-0.39, 0.29) is 6.04 Å². The molecule has 2 aromatic rings. The number of rotatable bonds is 5. The standard InChI is InChI=1S/C14H16ClN3/c1-2-14(11-4-3-5-12(15)8-11)18-10-13-9-16-6-7-17-13/h3-9,14,18H,2,10H2,1H3. The first-order chi connectivity index (χ1) is 8.79. The Morgan fingerprint density at radius 2 is 2.22 bits per heavy atom. The maximum absolute atomic E-state index is 6.01. The van der Waals surface area contributed by atoms with Crippen molar-refractivity contribution in [1.82, 2.24) is 15.3 Å². The van der Waals surface area contributed by atoms with Gasteiger partial charge in [-0.3, -0.25) is 9.97 Å². The van der Waals surface area contributed by atoms with E-state index in [4.69, 9.17) is 11.6 Å². The van der Waals surface area contributed by atoms with E-state index >= 15 is 0 Å². The molecule has 4 heteroatoms. The van der Waals surface area contributed by atoms with Gasteiger partial charge >= 0.3 is 0 Å². The van der Waals surface area contributed by atoms with Gasteiger partial charge in [0.1, 0.15) is 0 Å². The summed E-state index contributed by atoms with van der Waals surface area (Å²) in [5, 5.41) is 4.24. The zero-order valence-corrected chi connectivity index (χ0v) is 11.1. The molecule has 0 radical (unpaired) electrons. The summed E-state index contributed by atoms with van der Waals surface area (Å²) in [5.74, 6) is 0. The predicted octanol–water partition coefficient (Wildman–Crippen LogP) is 3.37. The summed E-state index contributed by atoms with van der Waals surface area (Å²) in [6.07, 6.45) is 6.16. The lowest BCUT2D eigenvalue weighted by molar-refractivity contribution is 0.513. The van der Waals surface area contributed by atoms with E-state index in [0.29, 0.717) is 6.54 Å². The molecule has 1 atom stereocenters. The number of benzene rings is 1. The molecule has 1 aromatic heterocycles. The minimum Gasteiger partial charge on any atom is -0.304 e. The Labute approximate surface area is 112 Å². The molecule has 0 aliphatic carbocycles. The highest BCUT2D eigenvalue weighted by molar-refractivity contribution is 6.30. The second-order valence-corrected chi connectivity index (χ2v) is 4.53. The van der Waals surface area contributed by atoms with Gasteiger partial charge in [-0.25, -0.2) is 0 Å². The number of aromatic nitrogens is 2. The number of nitrogens with one attached hydrogen (secondary N) is 1. The third-order valence-electron chi connectivity index (χ3n) is 2.81. The van der Waals surface area contributed by atoms with Crippen molar-refractivity contribution in [2.75, 3.05) is 0 Å². The van der Waals surface area contributed by atoms with Gasteiger partial charge in [-0.15, -0.1) is 0 Å². The van der Waals surface area contributed by atoms with E-state index in [1.165, 1.54) is 5.56 Å². The molecule has 0 fully saturated rings. The van der Waals surface area contributed by atoms with Gasteiger partial charge in [-0.05, 0) is 24.1 Å². The van der Waals surface area contributed by atoms with E-state index in [1.54, 1.807) is 18.6 Å². The van der Waals surface area contributed by atoms with Crippen molar-refractivity contribution in [3.8, 4) is 0 Å². The molecule has 18 heavy (non-hydrogen) atoms. The molecular weight excluding hydrogens is 246 g/mol. The summed E-state index contributed by atoms with van der Waals surface area (Å²) in [7, 11) is 0. The molecule has 1 heterocycles. The Hall–Kier alpha value is -1.45. The lowest BCUT2D eigenvalue weighted by Crippen LogP contribution is -2.20. The monoisotopic (exact) mass is 261 g/mol. The van der Waals surface area contributed by atoms with Crippen LogP contribution in [0.25, 0.3) is 0 Å². The third-order valence-corrected chi connectivity index (χ3v) is 3.04. The quantitative estimate of drug-likeness (QED) is 0.897. The van der Waals surface area contributed by atoms with Gasteiger partial charge < -0.3 is 5.32 Å². The summed E-state index contributed by atoms with van der Waals surface area (Å²) in [4.78, 5) is 8.30. The van der Waals surface area contributed by atoms with Crippen molar-refractivity contribution in [2.24, 2.45) is 0 Å². The Kier molecular flexibility index (Phi) is 4.67. The van der Waals surface area contributed by atoms with Crippen LogP contribution in [-0.4, -0.2) is 9.97 Å². The molecular formula is C14H16ClN3. The van der Waals surface area contributed by atoms with Crippen LogP contribution in [0.1, 0.15) is 30.6 Å². The van der Waals surface area contributed by atoms with Crippen LogP contribution in [0, 0.1) is 0 Å². The fourth-order valence-electron chi connectivity index (χ4n) is 1.87. The van der Waals surface area contributed by atoms with Gasteiger partial charge in [0.25, 0.3) is 0 Å².